The zero-order valence-corrected chi connectivity index (χ0v) is 17.9. The lowest BCUT2D eigenvalue weighted by atomic mass is 9.94. The number of Topliss-reactive ketones (excluding diaryl/α,β-unsaturated/α-hetero) is 1. The molecule has 0 bridgehead atoms. The number of hydrogen-bond donors (Lipinski definition) is 0. The van der Waals surface area contributed by atoms with Gasteiger partial charge in [0.25, 0.3) is 0 Å². The maximum absolute atomic E-state index is 13.3. The van der Waals surface area contributed by atoms with E-state index in [9.17, 15) is 4.79 Å². The molecule has 1 aliphatic heterocycles. The van der Waals surface area contributed by atoms with Gasteiger partial charge >= 0.3 is 0 Å². The monoisotopic (exact) mass is 433 g/mol. The topological polar surface area (TPSA) is 20.3 Å². The van der Waals surface area contributed by atoms with Crippen molar-refractivity contribution in [2.24, 2.45) is 0 Å². The van der Waals surface area contributed by atoms with Crippen LogP contribution < -0.4 is 0 Å². The van der Waals surface area contributed by atoms with Gasteiger partial charge in [-0.3, -0.25) is 9.69 Å². The van der Waals surface area contributed by atoms with Crippen molar-refractivity contribution in [1.82, 2.24) is 4.90 Å². The Balaban J connectivity index is 1.71. The third-order valence-electron chi connectivity index (χ3n) is 5.09. The van der Waals surface area contributed by atoms with Crippen LogP contribution in [0.1, 0.15) is 16.7 Å². The summed E-state index contributed by atoms with van der Waals surface area (Å²) < 4.78 is 0. The molecule has 0 amide bonds. The van der Waals surface area contributed by atoms with E-state index >= 15 is 0 Å². The Morgan fingerprint density at radius 3 is 1.67 bits per heavy atom. The van der Waals surface area contributed by atoms with Crippen LogP contribution in [-0.4, -0.2) is 23.8 Å². The van der Waals surface area contributed by atoms with Crippen molar-refractivity contribution in [3.63, 3.8) is 0 Å². The van der Waals surface area contributed by atoms with E-state index < -0.39 is 0 Å². The van der Waals surface area contributed by atoms with Gasteiger partial charge in [0.2, 0.25) is 0 Å². The predicted molar refractivity (Wildman–Crippen MR) is 126 cm³/mol. The molecule has 0 radical (unpaired) electrons. The smallest absolute Gasteiger partial charge is 0.187 e. The van der Waals surface area contributed by atoms with Crippen molar-refractivity contribution in [2.45, 2.75) is 6.54 Å². The molecular formula is C26H21Cl2NO. The van der Waals surface area contributed by atoms with E-state index in [4.69, 9.17) is 23.2 Å². The minimum absolute atomic E-state index is 0.0409. The minimum Gasteiger partial charge on any atom is -0.290 e. The van der Waals surface area contributed by atoms with Crippen molar-refractivity contribution >= 4 is 41.1 Å². The number of nitrogens with zero attached hydrogens (tertiary/aromatic N) is 1. The molecule has 3 aromatic rings. The van der Waals surface area contributed by atoms with Crippen molar-refractivity contribution in [3.8, 4) is 0 Å². The lowest BCUT2D eigenvalue weighted by molar-refractivity contribution is -0.113. The SMILES string of the molecule is O=C1/C(=C\c2ccccc2Cl)CN(Cc2ccccc2)C/C1=C/c1ccccc1Cl. The standard InChI is InChI=1S/C26H21Cl2NO/c27-24-12-6-4-10-20(24)14-22-17-29(16-19-8-2-1-3-9-19)18-23(26(22)30)15-21-11-5-7-13-25(21)28/h1-15H,16-18H2/b22-14-,23-15-. The van der Waals surface area contributed by atoms with E-state index in [1.165, 1.54) is 5.56 Å². The minimum atomic E-state index is 0.0409. The van der Waals surface area contributed by atoms with Crippen LogP contribution in [0.4, 0.5) is 0 Å². The van der Waals surface area contributed by atoms with Gasteiger partial charge in [0.1, 0.15) is 0 Å². The maximum Gasteiger partial charge on any atom is 0.187 e. The lowest BCUT2D eigenvalue weighted by Crippen LogP contribution is -2.37. The van der Waals surface area contributed by atoms with Crippen molar-refractivity contribution in [2.75, 3.05) is 13.1 Å². The number of carbonyl (C=O) groups excluding carboxylic acids is 1. The van der Waals surface area contributed by atoms with Crippen LogP contribution in [-0.2, 0) is 11.3 Å². The second-order valence-electron chi connectivity index (χ2n) is 7.34. The average molecular weight is 434 g/mol. The van der Waals surface area contributed by atoms with E-state index in [2.05, 4.69) is 17.0 Å². The van der Waals surface area contributed by atoms with Gasteiger partial charge in [-0.25, -0.2) is 0 Å². The molecule has 0 aromatic heterocycles. The van der Waals surface area contributed by atoms with Crippen LogP contribution in [0.25, 0.3) is 12.2 Å². The number of carbonyl (C=O) groups is 1. The first-order valence-corrected chi connectivity index (χ1v) is 10.6. The first kappa shape index (κ1) is 20.6. The Kier molecular flexibility index (Phi) is 6.49. The molecule has 0 atom stereocenters. The first-order valence-electron chi connectivity index (χ1n) is 9.81. The molecule has 3 aromatic carbocycles. The van der Waals surface area contributed by atoms with E-state index in [0.717, 1.165) is 28.8 Å². The van der Waals surface area contributed by atoms with Crippen molar-refractivity contribution in [1.29, 1.82) is 0 Å². The summed E-state index contributed by atoms with van der Waals surface area (Å²) in [6, 6.07) is 25.4. The average Bonchev–Trinajstić information content (AvgIpc) is 2.75. The third kappa shape index (κ3) is 4.91. The Hall–Kier alpha value is -2.65. The summed E-state index contributed by atoms with van der Waals surface area (Å²) >= 11 is 12.7. The highest BCUT2D eigenvalue weighted by atomic mass is 35.5. The fourth-order valence-electron chi connectivity index (χ4n) is 3.62. The Morgan fingerprint density at radius 2 is 1.17 bits per heavy atom. The van der Waals surface area contributed by atoms with Gasteiger partial charge in [0.15, 0.2) is 5.78 Å². The Bertz CT molecular complexity index is 1050. The molecule has 150 valence electrons. The van der Waals surface area contributed by atoms with E-state index in [0.29, 0.717) is 23.1 Å². The fraction of sp³-hybridized carbons (Fsp3) is 0.115. The molecule has 1 saturated heterocycles. The van der Waals surface area contributed by atoms with Gasteiger partial charge in [-0.2, -0.15) is 0 Å². The Morgan fingerprint density at radius 1 is 0.700 bits per heavy atom. The predicted octanol–water partition coefficient (Wildman–Crippen LogP) is 6.55. The number of halogens is 2. The zero-order chi connectivity index (χ0) is 20.9. The van der Waals surface area contributed by atoms with Gasteiger partial charge in [-0.05, 0) is 41.0 Å². The maximum atomic E-state index is 13.3. The molecule has 0 aliphatic carbocycles. The highest BCUT2D eigenvalue weighted by molar-refractivity contribution is 6.33. The highest BCUT2D eigenvalue weighted by Crippen LogP contribution is 2.27. The Labute approximate surface area is 187 Å². The van der Waals surface area contributed by atoms with Crippen LogP contribution in [0, 0.1) is 0 Å². The molecule has 1 heterocycles. The molecule has 0 spiro atoms. The zero-order valence-electron chi connectivity index (χ0n) is 16.4. The largest absolute Gasteiger partial charge is 0.290 e. The van der Waals surface area contributed by atoms with Crippen LogP contribution in [0.2, 0.25) is 10.0 Å². The van der Waals surface area contributed by atoms with Gasteiger partial charge < -0.3 is 0 Å². The van der Waals surface area contributed by atoms with Crippen LogP contribution in [0.3, 0.4) is 0 Å². The summed E-state index contributed by atoms with van der Waals surface area (Å²) in [6.07, 6.45) is 3.81. The molecule has 0 unspecified atom stereocenters. The first-order chi connectivity index (χ1) is 14.6. The normalized spacial score (nSPS) is 17.6. The molecular weight excluding hydrogens is 413 g/mol. The fourth-order valence-corrected chi connectivity index (χ4v) is 4.00. The van der Waals surface area contributed by atoms with Crippen LogP contribution >= 0.6 is 23.2 Å². The quantitative estimate of drug-likeness (QED) is 0.435. The number of benzene rings is 3. The second-order valence-corrected chi connectivity index (χ2v) is 8.16. The van der Waals surface area contributed by atoms with E-state index in [-0.39, 0.29) is 5.78 Å². The summed E-state index contributed by atoms with van der Waals surface area (Å²) in [5.41, 5.74) is 4.36. The molecule has 0 N–H and O–H groups in total. The summed E-state index contributed by atoms with van der Waals surface area (Å²) in [5, 5.41) is 1.27. The summed E-state index contributed by atoms with van der Waals surface area (Å²) in [7, 11) is 0. The molecule has 1 aliphatic rings. The number of likely N-dealkylation sites (tertiary alicyclic amines) is 1. The van der Waals surface area contributed by atoms with E-state index in [1.54, 1.807) is 0 Å². The molecule has 1 fully saturated rings. The van der Waals surface area contributed by atoms with Crippen LogP contribution in [0.15, 0.2) is 90.0 Å². The van der Waals surface area contributed by atoms with Gasteiger partial charge in [0, 0.05) is 40.8 Å². The molecule has 0 saturated carbocycles. The molecule has 30 heavy (non-hydrogen) atoms. The summed E-state index contributed by atoms with van der Waals surface area (Å²) in [4.78, 5) is 15.6. The van der Waals surface area contributed by atoms with E-state index in [1.807, 2.05) is 78.9 Å². The molecule has 4 rings (SSSR count). The van der Waals surface area contributed by atoms with Crippen molar-refractivity contribution in [3.05, 3.63) is 117 Å². The van der Waals surface area contributed by atoms with Crippen LogP contribution in [0.5, 0.6) is 0 Å². The lowest BCUT2D eigenvalue weighted by Gasteiger charge is -2.30. The number of piperidine rings is 1. The molecule has 2 nitrogen and oxygen atoms in total. The third-order valence-corrected chi connectivity index (χ3v) is 5.78. The number of hydrogen-bond acceptors (Lipinski definition) is 2. The second kappa shape index (κ2) is 9.44. The number of ketones is 1. The number of rotatable bonds is 4. The van der Waals surface area contributed by atoms with Gasteiger partial charge in [0.05, 0.1) is 0 Å². The summed E-state index contributed by atoms with van der Waals surface area (Å²) in [6.45, 7) is 1.89. The van der Waals surface area contributed by atoms with Crippen molar-refractivity contribution < 1.29 is 4.79 Å². The highest BCUT2D eigenvalue weighted by Gasteiger charge is 2.26. The van der Waals surface area contributed by atoms with Gasteiger partial charge in [-0.1, -0.05) is 89.9 Å². The summed E-state index contributed by atoms with van der Waals surface area (Å²) in [5.74, 6) is 0.0409. The van der Waals surface area contributed by atoms with Gasteiger partial charge in [-0.15, -0.1) is 0 Å². The molecule has 4 heteroatoms.